The lowest BCUT2D eigenvalue weighted by Gasteiger charge is -2.12. The number of benzene rings is 2. The Morgan fingerprint density at radius 3 is 2.42 bits per heavy atom. The lowest BCUT2D eigenvalue weighted by Crippen LogP contribution is -2.20. The summed E-state index contributed by atoms with van der Waals surface area (Å²) >= 11 is 0. The first-order chi connectivity index (χ1) is 12.3. The minimum absolute atomic E-state index is 0.0520. The molecule has 3 rings (SSSR count). The van der Waals surface area contributed by atoms with Gasteiger partial charge < -0.3 is 10.5 Å². The topological polar surface area (TPSA) is 57.2 Å². The summed E-state index contributed by atoms with van der Waals surface area (Å²) in [7, 11) is 1.54. The molecule has 136 valence electrons. The molecule has 0 fully saturated rings. The van der Waals surface area contributed by atoms with E-state index >= 15 is 0 Å². The number of nitrogens with zero attached hydrogens (tertiary/aromatic N) is 1. The number of fused-ring (bicyclic) bond motifs is 1. The number of hydrogen-bond donors (Lipinski definition) is 1. The Morgan fingerprint density at radius 2 is 1.81 bits per heavy atom. The predicted molar refractivity (Wildman–Crippen MR) is 93.3 cm³/mol. The van der Waals surface area contributed by atoms with Crippen LogP contribution in [-0.2, 0) is 12.6 Å². The van der Waals surface area contributed by atoms with Gasteiger partial charge in [-0.15, -0.1) is 0 Å². The number of carbonyl (C=O) groups is 1. The van der Waals surface area contributed by atoms with Crippen LogP contribution in [0.2, 0.25) is 0 Å². The van der Waals surface area contributed by atoms with Gasteiger partial charge >= 0.3 is 6.18 Å². The lowest BCUT2D eigenvalue weighted by atomic mass is 10.1. The number of methoxy groups -OCH3 is 1. The van der Waals surface area contributed by atoms with Crippen LogP contribution in [0, 0.1) is 0 Å². The van der Waals surface area contributed by atoms with Gasteiger partial charge in [-0.1, -0.05) is 12.1 Å². The third-order valence-corrected chi connectivity index (χ3v) is 4.15. The molecule has 0 unspecified atom stereocenters. The first-order valence-electron chi connectivity index (χ1n) is 7.94. The third kappa shape index (κ3) is 3.51. The highest BCUT2D eigenvalue weighted by Gasteiger charge is 2.37. The van der Waals surface area contributed by atoms with Gasteiger partial charge in [-0.05, 0) is 48.4 Å². The first kappa shape index (κ1) is 17.8. The summed E-state index contributed by atoms with van der Waals surface area (Å²) in [5.74, 6) is 0.0568. The number of ether oxygens (including phenoxy) is 1. The van der Waals surface area contributed by atoms with Crippen molar-refractivity contribution in [3.8, 4) is 5.75 Å². The molecule has 0 radical (unpaired) electrons. The molecule has 0 aliphatic rings. The van der Waals surface area contributed by atoms with Gasteiger partial charge in [0, 0.05) is 17.5 Å². The van der Waals surface area contributed by atoms with E-state index in [0.717, 1.165) is 16.2 Å². The van der Waals surface area contributed by atoms with Crippen LogP contribution in [0.1, 0.15) is 22.5 Å². The van der Waals surface area contributed by atoms with Crippen molar-refractivity contribution in [2.75, 3.05) is 12.8 Å². The molecular formula is C19H17F3N2O2. The summed E-state index contributed by atoms with van der Waals surface area (Å²) in [6.07, 6.45) is -4.36. The zero-order chi connectivity index (χ0) is 18.9. The molecule has 0 saturated carbocycles. The molecule has 0 spiro atoms. The zero-order valence-corrected chi connectivity index (χ0v) is 14.0. The SMILES string of the molecule is COc1ccc(CCC(=O)n2c(C(F)(F)F)cc3cc(N)ccc32)cc1. The van der Waals surface area contributed by atoms with Crippen molar-refractivity contribution in [3.63, 3.8) is 0 Å². The van der Waals surface area contributed by atoms with Gasteiger partial charge in [-0.2, -0.15) is 13.2 Å². The Balaban J connectivity index is 1.91. The van der Waals surface area contributed by atoms with E-state index in [2.05, 4.69) is 0 Å². The number of anilines is 1. The summed E-state index contributed by atoms with van der Waals surface area (Å²) in [5.41, 5.74) is 6.04. The summed E-state index contributed by atoms with van der Waals surface area (Å²) in [5, 5.41) is 0.287. The third-order valence-electron chi connectivity index (χ3n) is 4.15. The van der Waals surface area contributed by atoms with E-state index in [4.69, 9.17) is 10.5 Å². The fraction of sp³-hybridized carbons (Fsp3) is 0.211. The Labute approximate surface area is 148 Å². The van der Waals surface area contributed by atoms with Gasteiger partial charge in [0.25, 0.3) is 0 Å². The number of rotatable bonds is 4. The second-order valence-electron chi connectivity index (χ2n) is 5.92. The molecule has 2 N–H and O–H groups in total. The van der Waals surface area contributed by atoms with Crippen LogP contribution in [0.5, 0.6) is 5.75 Å². The van der Waals surface area contributed by atoms with Crippen molar-refractivity contribution in [1.82, 2.24) is 4.57 Å². The number of alkyl halides is 3. The second-order valence-corrected chi connectivity index (χ2v) is 5.92. The number of aryl methyl sites for hydroxylation is 1. The van der Waals surface area contributed by atoms with Gasteiger partial charge in [0.2, 0.25) is 5.91 Å². The Bertz CT molecular complexity index is 944. The van der Waals surface area contributed by atoms with Crippen LogP contribution in [0.25, 0.3) is 10.9 Å². The second kappa shape index (κ2) is 6.74. The van der Waals surface area contributed by atoms with E-state index in [1.54, 1.807) is 31.4 Å². The molecular weight excluding hydrogens is 345 g/mol. The molecule has 7 heteroatoms. The molecule has 0 aliphatic carbocycles. The van der Waals surface area contributed by atoms with E-state index < -0.39 is 17.8 Å². The van der Waals surface area contributed by atoms with Crippen molar-refractivity contribution in [2.24, 2.45) is 0 Å². The fourth-order valence-corrected chi connectivity index (χ4v) is 2.87. The Hall–Kier alpha value is -2.96. The maximum Gasteiger partial charge on any atom is 0.431 e. The minimum atomic E-state index is -4.64. The lowest BCUT2D eigenvalue weighted by molar-refractivity contribution is -0.142. The molecule has 1 heterocycles. The molecule has 0 amide bonds. The average molecular weight is 362 g/mol. The maximum atomic E-state index is 13.4. The summed E-state index contributed by atoms with van der Waals surface area (Å²) < 4.78 is 45.9. The van der Waals surface area contributed by atoms with Gasteiger partial charge in [-0.25, -0.2) is 0 Å². The number of nitrogen functional groups attached to an aromatic ring is 1. The summed E-state index contributed by atoms with van der Waals surface area (Å²) in [6.45, 7) is 0. The Kier molecular flexibility index (Phi) is 4.63. The van der Waals surface area contributed by atoms with Crippen LogP contribution >= 0.6 is 0 Å². The largest absolute Gasteiger partial charge is 0.497 e. The van der Waals surface area contributed by atoms with E-state index in [-0.39, 0.29) is 17.3 Å². The molecule has 2 aromatic carbocycles. The number of nitrogens with two attached hydrogens (primary N) is 1. The van der Waals surface area contributed by atoms with Crippen molar-refractivity contribution in [3.05, 3.63) is 59.8 Å². The number of halogens is 3. The van der Waals surface area contributed by atoms with Crippen LogP contribution in [0.4, 0.5) is 18.9 Å². The maximum absolute atomic E-state index is 13.4. The fourth-order valence-electron chi connectivity index (χ4n) is 2.87. The van der Waals surface area contributed by atoms with Crippen LogP contribution in [0.3, 0.4) is 0 Å². The molecule has 0 saturated heterocycles. The van der Waals surface area contributed by atoms with Gasteiger partial charge in [0.05, 0.1) is 12.6 Å². The molecule has 0 atom stereocenters. The van der Waals surface area contributed by atoms with Crippen molar-refractivity contribution >= 4 is 22.5 Å². The van der Waals surface area contributed by atoms with E-state index in [0.29, 0.717) is 17.9 Å². The van der Waals surface area contributed by atoms with Gasteiger partial charge in [0.15, 0.2) is 0 Å². The highest BCUT2D eigenvalue weighted by molar-refractivity contribution is 5.95. The van der Waals surface area contributed by atoms with Gasteiger partial charge in [0.1, 0.15) is 11.4 Å². The zero-order valence-electron chi connectivity index (χ0n) is 14.0. The van der Waals surface area contributed by atoms with Crippen LogP contribution in [0.15, 0.2) is 48.5 Å². The minimum Gasteiger partial charge on any atom is -0.497 e. The molecule has 1 aromatic heterocycles. The number of hydrogen-bond acceptors (Lipinski definition) is 3. The Morgan fingerprint density at radius 1 is 1.12 bits per heavy atom. The smallest absolute Gasteiger partial charge is 0.431 e. The highest BCUT2D eigenvalue weighted by Crippen LogP contribution is 2.35. The predicted octanol–water partition coefficient (Wildman–Crippen LogP) is 4.52. The van der Waals surface area contributed by atoms with Crippen LogP contribution < -0.4 is 10.5 Å². The van der Waals surface area contributed by atoms with E-state index in [1.807, 2.05) is 0 Å². The summed E-state index contributed by atoms with van der Waals surface area (Å²) in [4.78, 5) is 12.6. The van der Waals surface area contributed by atoms with Crippen molar-refractivity contribution < 1.29 is 22.7 Å². The van der Waals surface area contributed by atoms with Crippen molar-refractivity contribution in [1.29, 1.82) is 0 Å². The monoisotopic (exact) mass is 362 g/mol. The molecule has 3 aromatic rings. The number of carbonyl (C=O) groups excluding carboxylic acids is 1. The average Bonchev–Trinajstić information content (AvgIpc) is 2.99. The van der Waals surface area contributed by atoms with Crippen LogP contribution in [-0.4, -0.2) is 17.6 Å². The van der Waals surface area contributed by atoms with E-state index in [1.165, 1.54) is 18.2 Å². The number of aromatic nitrogens is 1. The first-order valence-corrected chi connectivity index (χ1v) is 7.94. The van der Waals surface area contributed by atoms with Gasteiger partial charge in [-0.3, -0.25) is 9.36 Å². The molecule has 0 aliphatic heterocycles. The summed E-state index contributed by atoms with van der Waals surface area (Å²) in [6, 6.07) is 12.4. The standard InChI is InChI=1S/C19H17F3N2O2/c1-26-15-6-2-12(3-7-15)4-9-18(25)24-16-8-5-14(23)10-13(16)11-17(24)19(20,21)22/h2-3,5-8,10-11H,4,9,23H2,1H3. The molecule has 26 heavy (non-hydrogen) atoms. The normalized spacial score (nSPS) is 11.7. The molecule has 0 bridgehead atoms. The van der Waals surface area contributed by atoms with Crippen molar-refractivity contribution in [2.45, 2.75) is 19.0 Å². The van der Waals surface area contributed by atoms with E-state index in [9.17, 15) is 18.0 Å². The molecule has 4 nitrogen and oxygen atoms in total. The highest BCUT2D eigenvalue weighted by atomic mass is 19.4. The quantitative estimate of drug-likeness (QED) is 0.694.